The fourth-order valence-corrected chi connectivity index (χ4v) is 3.71. The van der Waals surface area contributed by atoms with E-state index in [2.05, 4.69) is 52.2 Å². The van der Waals surface area contributed by atoms with E-state index in [1.165, 1.54) is 71.1 Å². The molecule has 0 spiro atoms. The summed E-state index contributed by atoms with van der Waals surface area (Å²) in [4.78, 5) is 22.7. The van der Waals surface area contributed by atoms with Gasteiger partial charge in [-0.25, -0.2) is 0 Å². The van der Waals surface area contributed by atoms with Crippen molar-refractivity contribution in [3.63, 3.8) is 0 Å². The third kappa shape index (κ3) is 23.9. The number of thioether (sulfide) groups is 1. The van der Waals surface area contributed by atoms with E-state index in [4.69, 9.17) is 11.6 Å². The van der Waals surface area contributed by atoms with Crippen LogP contribution in [0.3, 0.4) is 0 Å². The van der Waals surface area contributed by atoms with Crippen molar-refractivity contribution in [2.75, 3.05) is 17.4 Å². The van der Waals surface area contributed by atoms with Crippen LogP contribution in [0.2, 0.25) is 0 Å². The number of hydrogen-bond donors (Lipinski definition) is 1. The monoisotopic (exact) mass is 668 g/mol. The number of ketones is 1. The van der Waals surface area contributed by atoms with Crippen molar-refractivity contribution in [2.45, 2.75) is 84.1 Å². The number of carbonyl (C=O) groups is 2. The van der Waals surface area contributed by atoms with E-state index >= 15 is 0 Å². The molecule has 0 fully saturated rings. The molecular formula is C18H34ClI2NO2SV. The minimum absolute atomic E-state index is 0.0379. The number of rotatable bonds is 16. The van der Waals surface area contributed by atoms with Gasteiger partial charge in [-0.15, -0.1) is 11.6 Å². The van der Waals surface area contributed by atoms with E-state index in [1.807, 2.05) is 0 Å². The average molecular weight is 669 g/mol. The molecule has 8 heteroatoms. The zero-order valence-electron chi connectivity index (χ0n) is 16.1. The summed E-state index contributed by atoms with van der Waals surface area (Å²) in [6.45, 7) is 3.68. The van der Waals surface area contributed by atoms with Crippen LogP contribution >= 0.6 is 63.3 Å². The topological polar surface area (TPSA) is 46.2 Å². The van der Waals surface area contributed by atoms with Crippen molar-refractivity contribution in [3.05, 3.63) is 0 Å². The summed E-state index contributed by atoms with van der Waals surface area (Å²) in [6, 6.07) is -0.432. The maximum atomic E-state index is 11.6. The van der Waals surface area contributed by atoms with Gasteiger partial charge in [-0.2, -0.15) is 11.8 Å². The summed E-state index contributed by atoms with van der Waals surface area (Å²) in [5.41, 5.74) is 0. The quantitative estimate of drug-likeness (QED) is 0.113. The molecule has 0 radical (unpaired) electrons. The van der Waals surface area contributed by atoms with E-state index in [9.17, 15) is 9.59 Å². The van der Waals surface area contributed by atoms with Gasteiger partial charge in [0.1, 0.15) is 0 Å². The van der Waals surface area contributed by atoms with Gasteiger partial charge in [-0.1, -0.05) is 64.7 Å². The molecule has 26 heavy (non-hydrogen) atoms. The Labute approximate surface area is 198 Å². The Balaban J connectivity index is 0. The molecule has 1 N–H and O–H groups in total. The minimum atomic E-state index is -0.432. The molecule has 0 saturated heterocycles. The zero-order valence-corrected chi connectivity index (χ0v) is 23.4. The SMILES string of the molecule is CCCCCCCCCCCCSCC(NC(C)=O)C(=O)CCl.[I][V][I]. The van der Waals surface area contributed by atoms with Crippen LogP contribution in [-0.4, -0.2) is 35.1 Å². The molecule has 0 aromatic heterocycles. The number of nitrogens with one attached hydrogen (secondary N) is 1. The maximum absolute atomic E-state index is 11.6. The van der Waals surface area contributed by atoms with Crippen molar-refractivity contribution >= 4 is 75.0 Å². The number of unbranched alkanes of at least 4 members (excludes halogenated alkanes) is 9. The summed E-state index contributed by atoms with van der Waals surface area (Å²) in [6.07, 6.45) is 13.3. The second-order valence-corrected chi connectivity index (χ2v) is 19.4. The first-order chi connectivity index (χ1) is 12.5. The Morgan fingerprint density at radius 1 is 1.00 bits per heavy atom. The number of halogens is 3. The molecule has 1 unspecified atom stereocenters. The van der Waals surface area contributed by atoms with Crippen LogP contribution in [0.15, 0.2) is 0 Å². The molecule has 0 saturated carbocycles. The van der Waals surface area contributed by atoms with Crippen molar-refractivity contribution < 1.29 is 19.1 Å². The summed E-state index contributed by atoms with van der Waals surface area (Å²) in [5.74, 6) is 1.36. The van der Waals surface area contributed by atoms with Gasteiger partial charge in [0.05, 0.1) is 11.9 Å². The Bertz CT molecular complexity index is 342. The fraction of sp³-hybridized carbons (Fsp3) is 0.889. The molecule has 0 rings (SSSR count). The van der Waals surface area contributed by atoms with Crippen LogP contribution in [0.4, 0.5) is 0 Å². The third-order valence-corrected chi connectivity index (χ3v) is 5.23. The predicted octanol–water partition coefficient (Wildman–Crippen LogP) is 6.72. The van der Waals surface area contributed by atoms with Crippen molar-refractivity contribution in [1.82, 2.24) is 5.32 Å². The van der Waals surface area contributed by atoms with Crippen molar-refractivity contribution in [2.24, 2.45) is 0 Å². The van der Waals surface area contributed by atoms with E-state index in [0.29, 0.717) is 15.2 Å². The van der Waals surface area contributed by atoms with Gasteiger partial charge in [-0.05, 0) is 12.2 Å². The number of carbonyl (C=O) groups excluding carboxylic acids is 2. The first-order valence-electron chi connectivity index (χ1n) is 9.39. The summed E-state index contributed by atoms with van der Waals surface area (Å²) in [7, 11) is 0.628. The molecule has 0 aliphatic rings. The summed E-state index contributed by atoms with van der Waals surface area (Å²) < 4.78 is 0. The molecule has 1 atom stereocenters. The van der Waals surface area contributed by atoms with Gasteiger partial charge in [-0.3, -0.25) is 9.59 Å². The van der Waals surface area contributed by atoms with Crippen LogP contribution in [-0.2, 0) is 19.1 Å². The second-order valence-electron chi connectivity index (χ2n) is 6.17. The number of hydrogen-bond acceptors (Lipinski definition) is 3. The van der Waals surface area contributed by atoms with Gasteiger partial charge in [0.15, 0.2) is 5.78 Å². The second kappa shape index (κ2) is 24.9. The standard InChI is InChI=1S/C18H34ClNO2S.2HI.V/c1-3-4-5-6-7-8-9-10-11-12-13-23-15-17(18(22)14-19)20-16(2)21;;;/h17H,3-15H2,1-2H3,(H,20,21);2*1H;/q;;;+2/p-2. The van der Waals surface area contributed by atoms with Crippen molar-refractivity contribution in [1.29, 1.82) is 0 Å². The molecule has 0 aliphatic carbocycles. The summed E-state index contributed by atoms with van der Waals surface area (Å²) >= 11 is 12.0. The first kappa shape index (κ1) is 30.0. The van der Waals surface area contributed by atoms with Crippen LogP contribution in [0.1, 0.15) is 78.1 Å². The molecule has 0 aromatic rings. The first-order valence-corrected chi connectivity index (χ1v) is 20.1. The molecule has 0 heterocycles. The third-order valence-electron chi connectivity index (χ3n) is 3.82. The van der Waals surface area contributed by atoms with Crippen LogP contribution in [0.25, 0.3) is 0 Å². The number of alkyl halides is 1. The van der Waals surface area contributed by atoms with E-state index in [1.54, 1.807) is 11.8 Å². The molecule has 1 amide bonds. The van der Waals surface area contributed by atoms with E-state index < -0.39 is 6.04 Å². The van der Waals surface area contributed by atoms with E-state index in [-0.39, 0.29) is 17.6 Å². The molecule has 155 valence electrons. The molecule has 0 aliphatic heterocycles. The number of Topliss-reactive ketones (excluding diaryl/α,β-unsaturated/α-hetero) is 1. The van der Waals surface area contributed by atoms with Crippen molar-refractivity contribution in [3.8, 4) is 0 Å². The Hall–Kier alpha value is 1.82. The van der Waals surface area contributed by atoms with Crippen LogP contribution in [0.5, 0.6) is 0 Å². The van der Waals surface area contributed by atoms with Gasteiger partial charge >= 0.3 is 49.4 Å². The van der Waals surface area contributed by atoms with Crippen LogP contribution < -0.4 is 5.32 Å². The Morgan fingerprint density at radius 3 is 1.88 bits per heavy atom. The molecule has 0 bridgehead atoms. The fourth-order valence-electron chi connectivity index (χ4n) is 2.45. The number of amides is 1. The molecule has 0 aromatic carbocycles. The zero-order chi connectivity index (χ0) is 20.0. The molecule has 3 nitrogen and oxygen atoms in total. The Kier molecular flexibility index (Phi) is 28.7. The predicted molar refractivity (Wildman–Crippen MR) is 131 cm³/mol. The average Bonchev–Trinajstić information content (AvgIpc) is 2.61. The molecular weight excluding hydrogens is 634 g/mol. The van der Waals surface area contributed by atoms with Crippen LogP contribution in [0, 0.1) is 0 Å². The van der Waals surface area contributed by atoms with Gasteiger partial charge in [0.25, 0.3) is 0 Å². The van der Waals surface area contributed by atoms with Gasteiger partial charge < -0.3 is 5.32 Å². The van der Waals surface area contributed by atoms with Gasteiger partial charge in [0.2, 0.25) is 5.91 Å². The summed E-state index contributed by atoms with van der Waals surface area (Å²) in [5, 5.41) is 2.68. The van der Waals surface area contributed by atoms with E-state index in [0.717, 1.165) is 5.75 Å². The normalized spacial score (nSPS) is 11.3. The Morgan fingerprint density at radius 2 is 1.46 bits per heavy atom. The van der Waals surface area contributed by atoms with Gasteiger partial charge in [0, 0.05) is 12.7 Å².